The Bertz CT molecular complexity index is 734. The first-order valence-corrected chi connectivity index (χ1v) is 9.14. The van der Waals surface area contributed by atoms with Gasteiger partial charge in [-0.1, -0.05) is 35.5 Å². The number of carbonyl (C=O) groups excluding carboxylic acids is 1. The van der Waals surface area contributed by atoms with E-state index in [4.69, 9.17) is 11.6 Å². The molecular weight excluding hydrogens is 366 g/mol. The van der Waals surface area contributed by atoms with Gasteiger partial charge in [0.05, 0.1) is 10.7 Å². The number of amides is 1. The number of anilines is 1. The fraction of sp³-hybridized carbons (Fsp3) is 0.278. The van der Waals surface area contributed by atoms with Crippen LogP contribution in [0.4, 0.5) is 14.5 Å². The summed E-state index contributed by atoms with van der Waals surface area (Å²) in [7, 11) is 0. The van der Waals surface area contributed by atoms with Gasteiger partial charge < -0.3 is 9.80 Å². The summed E-state index contributed by atoms with van der Waals surface area (Å²) in [5.74, 6) is -2.54. The minimum atomic E-state index is -2.46. The summed E-state index contributed by atoms with van der Waals surface area (Å²) < 4.78 is 24.7. The SMILES string of the molecule is O=C(c1ccc(SC(F)F)cc1)N1CCN(c2ccccc2Cl)CC1. The Morgan fingerprint density at radius 2 is 1.64 bits per heavy atom. The molecule has 0 bridgehead atoms. The average Bonchev–Trinajstić information content (AvgIpc) is 2.62. The molecule has 132 valence electrons. The van der Waals surface area contributed by atoms with E-state index in [1.165, 1.54) is 0 Å². The van der Waals surface area contributed by atoms with Gasteiger partial charge in [0.1, 0.15) is 0 Å². The lowest BCUT2D eigenvalue weighted by atomic mass is 10.1. The van der Waals surface area contributed by atoms with E-state index >= 15 is 0 Å². The minimum absolute atomic E-state index is 0.0765. The van der Waals surface area contributed by atoms with Crippen molar-refractivity contribution in [2.75, 3.05) is 31.1 Å². The Morgan fingerprint density at radius 3 is 2.24 bits per heavy atom. The van der Waals surface area contributed by atoms with Crippen LogP contribution in [-0.2, 0) is 0 Å². The number of benzene rings is 2. The zero-order chi connectivity index (χ0) is 17.8. The van der Waals surface area contributed by atoms with Crippen molar-refractivity contribution in [1.82, 2.24) is 4.90 Å². The highest BCUT2D eigenvalue weighted by molar-refractivity contribution is 7.99. The van der Waals surface area contributed by atoms with Gasteiger partial charge in [0, 0.05) is 36.6 Å². The van der Waals surface area contributed by atoms with Gasteiger partial charge in [0.25, 0.3) is 11.7 Å². The number of nitrogens with zero attached hydrogens (tertiary/aromatic N) is 2. The standard InChI is InChI=1S/C18H17ClF2N2OS/c19-15-3-1-2-4-16(15)22-9-11-23(12-10-22)17(24)13-5-7-14(8-6-13)25-18(20)21/h1-8,18H,9-12H2. The molecule has 2 aromatic carbocycles. The summed E-state index contributed by atoms with van der Waals surface area (Å²) >= 11 is 6.70. The Kier molecular flexibility index (Phi) is 5.81. The summed E-state index contributed by atoms with van der Waals surface area (Å²) in [5, 5.41) is 0.703. The summed E-state index contributed by atoms with van der Waals surface area (Å²) in [5.41, 5.74) is 1.49. The molecule has 0 saturated carbocycles. The number of halogens is 3. The quantitative estimate of drug-likeness (QED) is 0.721. The molecular formula is C18H17ClF2N2OS. The second kappa shape index (κ2) is 8.06. The van der Waals surface area contributed by atoms with Crippen molar-refractivity contribution >= 4 is 35.0 Å². The fourth-order valence-electron chi connectivity index (χ4n) is 2.82. The number of rotatable bonds is 4. The topological polar surface area (TPSA) is 23.6 Å². The van der Waals surface area contributed by atoms with Crippen molar-refractivity contribution in [1.29, 1.82) is 0 Å². The van der Waals surface area contributed by atoms with Crippen LogP contribution >= 0.6 is 23.4 Å². The number of para-hydroxylation sites is 1. The van der Waals surface area contributed by atoms with Gasteiger partial charge in [-0.05, 0) is 36.4 Å². The van der Waals surface area contributed by atoms with Crippen LogP contribution in [-0.4, -0.2) is 42.7 Å². The van der Waals surface area contributed by atoms with Crippen molar-refractivity contribution in [2.24, 2.45) is 0 Å². The summed E-state index contributed by atoms with van der Waals surface area (Å²) in [4.78, 5) is 17.0. The average molecular weight is 383 g/mol. The second-order valence-electron chi connectivity index (χ2n) is 5.63. The molecule has 0 radical (unpaired) electrons. The molecule has 0 unspecified atom stereocenters. The maximum absolute atomic E-state index is 12.6. The molecule has 2 aromatic rings. The fourth-order valence-corrected chi connectivity index (χ4v) is 3.57. The number of hydrogen-bond donors (Lipinski definition) is 0. The van der Waals surface area contributed by atoms with E-state index < -0.39 is 5.76 Å². The van der Waals surface area contributed by atoms with Crippen molar-refractivity contribution in [3.8, 4) is 0 Å². The molecule has 1 heterocycles. The first-order chi connectivity index (χ1) is 12.0. The summed E-state index contributed by atoms with van der Waals surface area (Å²) in [6, 6.07) is 14.0. The molecule has 3 rings (SSSR count). The van der Waals surface area contributed by atoms with Crippen molar-refractivity contribution < 1.29 is 13.6 Å². The van der Waals surface area contributed by atoms with E-state index in [0.29, 0.717) is 53.4 Å². The summed E-state index contributed by atoms with van der Waals surface area (Å²) in [6.07, 6.45) is 0. The van der Waals surface area contributed by atoms with Gasteiger partial charge in [-0.2, -0.15) is 8.78 Å². The Labute approximate surface area is 154 Å². The zero-order valence-electron chi connectivity index (χ0n) is 13.4. The van der Waals surface area contributed by atoms with Gasteiger partial charge >= 0.3 is 0 Å². The highest BCUT2D eigenvalue weighted by Crippen LogP contribution is 2.27. The molecule has 1 amide bonds. The molecule has 25 heavy (non-hydrogen) atoms. The molecule has 1 aliphatic heterocycles. The van der Waals surface area contributed by atoms with Gasteiger partial charge in [0.15, 0.2) is 0 Å². The van der Waals surface area contributed by atoms with E-state index in [2.05, 4.69) is 4.90 Å². The molecule has 0 spiro atoms. The largest absolute Gasteiger partial charge is 0.367 e. The maximum Gasteiger partial charge on any atom is 0.288 e. The van der Waals surface area contributed by atoms with Crippen LogP contribution in [0.1, 0.15) is 10.4 Å². The van der Waals surface area contributed by atoms with Crippen molar-refractivity contribution in [2.45, 2.75) is 10.7 Å². The van der Waals surface area contributed by atoms with Crippen LogP contribution < -0.4 is 4.90 Å². The first-order valence-electron chi connectivity index (χ1n) is 7.88. The van der Waals surface area contributed by atoms with E-state index in [9.17, 15) is 13.6 Å². The van der Waals surface area contributed by atoms with Crippen molar-refractivity contribution in [3.05, 3.63) is 59.1 Å². The monoisotopic (exact) mass is 382 g/mol. The Morgan fingerprint density at radius 1 is 1.00 bits per heavy atom. The predicted molar refractivity (Wildman–Crippen MR) is 97.9 cm³/mol. The number of hydrogen-bond acceptors (Lipinski definition) is 3. The van der Waals surface area contributed by atoms with E-state index in [1.807, 2.05) is 24.3 Å². The lowest BCUT2D eigenvalue weighted by Crippen LogP contribution is -2.48. The molecule has 0 atom stereocenters. The second-order valence-corrected chi connectivity index (χ2v) is 7.10. The number of thioether (sulfide) groups is 1. The highest BCUT2D eigenvalue weighted by Gasteiger charge is 2.23. The molecule has 0 aromatic heterocycles. The predicted octanol–water partition coefficient (Wildman–Crippen LogP) is 4.62. The molecule has 7 heteroatoms. The third kappa shape index (κ3) is 4.44. The Hall–Kier alpha value is -1.79. The summed E-state index contributed by atoms with van der Waals surface area (Å²) in [6.45, 7) is 2.60. The van der Waals surface area contributed by atoms with E-state index in [0.717, 1.165) is 5.69 Å². The number of piperazine rings is 1. The van der Waals surface area contributed by atoms with Crippen LogP contribution in [0, 0.1) is 0 Å². The Balaban J connectivity index is 1.61. The van der Waals surface area contributed by atoms with Gasteiger partial charge in [-0.3, -0.25) is 4.79 Å². The van der Waals surface area contributed by atoms with Gasteiger partial charge in [-0.25, -0.2) is 0 Å². The molecule has 1 saturated heterocycles. The molecule has 1 aliphatic rings. The van der Waals surface area contributed by atoms with E-state index in [-0.39, 0.29) is 5.91 Å². The molecule has 1 fully saturated rings. The molecule has 3 nitrogen and oxygen atoms in total. The molecule has 0 N–H and O–H groups in total. The normalized spacial score (nSPS) is 14.9. The van der Waals surface area contributed by atoms with Gasteiger partial charge in [-0.15, -0.1) is 0 Å². The van der Waals surface area contributed by atoms with Crippen LogP contribution in [0.2, 0.25) is 5.02 Å². The van der Waals surface area contributed by atoms with Crippen LogP contribution in [0.15, 0.2) is 53.4 Å². The van der Waals surface area contributed by atoms with Gasteiger partial charge in [0.2, 0.25) is 0 Å². The van der Waals surface area contributed by atoms with Crippen LogP contribution in [0.3, 0.4) is 0 Å². The maximum atomic E-state index is 12.6. The third-order valence-corrected chi connectivity index (χ3v) is 5.13. The number of alkyl halides is 2. The third-order valence-electron chi connectivity index (χ3n) is 4.09. The minimum Gasteiger partial charge on any atom is -0.367 e. The highest BCUT2D eigenvalue weighted by atomic mass is 35.5. The first kappa shape index (κ1) is 18.0. The number of carbonyl (C=O) groups is 1. The van der Waals surface area contributed by atoms with Crippen LogP contribution in [0.25, 0.3) is 0 Å². The lowest BCUT2D eigenvalue weighted by Gasteiger charge is -2.36. The molecule has 0 aliphatic carbocycles. The van der Waals surface area contributed by atoms with E-state index in [1.54, 1.807) is 29.2 Å². The van der Waals surface area contributed by atoms with Crippen molar-refractivity contribution in [3.63, 3.8) is 0 Å². The lowest BCUT2D eigenvalue weighted by molar-refractivity contribution is 0.0746. The zero-order valence-corrected chi connectivity index (χ0v) is 14.9. The van der Waals surface area contributed by atoms with Crippen LogP contribution in [0.5, 0.6) is 0 Å². The smallest absolute Gasteiger partial charge is 0.288 e.